The van der Waals surface area contributed by atoms with Gasteiger partial charge in [-0.25, -0.2) is 15.0 Å². The topological polar surface area (TPSA) is 77.0 Å². The Morgan fingerprint density at radius 3 is 2.91 bits per heavy atom. The number of aryl methyl sites for hydroxylation is 1. The van der Waals surface area contributed by atoms with Crippen LogP contribution in [0.1, 0.15) is 37.6 Å². The van der Waals surface area contributed by atoms with Crippen molar-refractivity contribution >= 4 is 66.7 Å². The molecular formula is C24H23ClN4O2S2. The summed E-state index contributed by atoms with van der Waals surface area (Å²) in [6, 6.07) is 7.65. The number of carbonyl (C=O) groups is 1. The number of ether oxygens (including phenoxy) is 1. The number of rotatable bonds is 4. The van der Waals surface area contributed by atoms with Crippen molar-refractivity contribution in [3.8, 4) is 0 Å². The summed E-state index contributed by atoms with van der Waals surface area (Å²) in [4.78, 5) is 27.7. The van der Waals surface area contributed by atoms with E-state index in [4.69, 9.17) is 21.3 Å². The number of aromatic nitrogens is 3. The van der Waals surface area contributed by atoms with Gasteiger partial charge in [-0.3, -0.25) is 4.79 Å². The van der Waals surface area contributed by atoms with Gasteiger partial charge in [0.2, 0.25) is 5.91 Å². The summed E-state index contributed by atoms with van der Waals surface area (Å²) in [6.45, 7) is 8.52. The Kier molecular flexibility index (Phi) is 5.81. The molecule has 5 rings (SSSR count). The van der Waals surface area contributed by atoms with E-state index < -0.39 is 0 Å². The van der Waals surface area contributed by atoms with Crippen LogP contribution in [0.3, 0.4) is 0 Å². The number of hydrogen-bond donors (Lipinski definition) is 1. The highest BCUT2D eigenvalue weighted by atomic mass is 35.5. The van der Waals surface area contributed by atoms with E-state index >= 15 is 0 Å². The molecule has 4 aromatic rings. The Labute approximate surface area is 205 Å². The Bertz CT molecular complexity index is 1400. The lowest BCUT2D eigenvalue weighted by atomic mass is 9.95. The molecule has 0 fully saturated rings. The number of thioether (sulfide) groups is 1. The zero-order chi connectivity index (χ0) is 23.3. The third-order valence-electron chi connectivity index (χ3n) is 5.69. The molecule has 0 saturated carbocycles. The van der Waals surface area contributed by atoms with Crippen molar-refractivity contribution in [2.75, 3.05) is 5.32 Å². The van der Waals surface area contributed by atoms with Crippen LogP contribution in [0.25, 0.3) is 20.4 Å². The van der Waals surface area contributed by atoms with Crippen molar-refractivity contribution in [3.05, 3.63) is 52.4 Å². The monoisotopic (exact) mass is 498 g/mol. The quantitative estimate of drug-likeness (QED) is 0.268. The summed E-state index contributed by atoms with van der Waals surface area (Å²) in [6.07, 6.45) is 2.33. The van der Waals surface area contributed by atoms with Gasteiger partial charge >= 0.3 is 0 Å². The summed E-state index contributed by atoms with van der Waals surface area (Å²) in [5.74, 6) is -0.110. The molecule has 0 radical (unpaired) electrons. The van der Waals surface area contributed by atoms with Crippen LogP contribution in [0.5, 0.6) is 0 Å². The average molecular weight is 499 g/mol. The van der Waals surface area contributed by atoms with Gasteiger partial charge in [-0.05, 0) is 51.5 Å². The smallest absolute Gasteiger partial charge is 0.237 e. The predicted molar refractivity (Wildman–Crippen MR) is 135 cm³/mol. The molecule has 9 heteroatoms. The summed E-state index contributed by atoms with van der Waals surface area (Å²) in [5, 5.41) is 4.99. The molecule has 6 nitrogen and oxygen atoms in total. The van der Waals surface area contributed by atoms with E-state index in [2.05, 4.69) is 35.2 Å². The Morgan fingerprint density at radius 2 is 2.12 bits per heavy atom. The SMILES string of the molecule is Cc1ccc(NC(=O)[C@H](C)Sc2ncnc3c2sc2nc4c(cc23)COC(C)(C)C4)cc1Cl. The molecule has 4 heterocycles. The van der Waals surface area contributed by atoms with Crippen LogP contribution in [-0.4, -0.2) is 31.7 Å². The first-order valence-electron chi connectivity index (χ1n) is 10.6. The largest absolute Gasteiger partial charge is 0.370 e. The average Bonchev–Trinajstić information content (AvgIpc) is 3.12. The fraction of sp³-hybridized carbons (Fsp3) is 0.333. The molecule has 3 aromatic heterocycles. The minimum absolute atomic E-state index is 0.110. The second kappa shape index (κ2) is 8.51. The number of benzene rings is 1. The van der Waals surface area contributed by atoms with E-state index in [9.17, 15) is 4.79 Å². The van der Waals surface area contributed by atoms with E-state index in [1.165, 1.54) is 11.8 Å². The molecule has 0 unspecified atom stereocenters. The minimum Gasteiger partial charge on any atom is -0.370 e. The Morgan fingerprint density at radius 1 is 1.30 bits per heavy atom. The first-order chi connectivity index (χ1) is 15.7. The molecule has 0 bridgehead atoms. The maximum absolute atomic E-state index is 12.8. The van der Waals surface area contributed by atoms with Crippen molar-refractivity contribution in [1.29, 1.82) is 0 Å². The van der Waals surface area contributed by atoms with Gasteiger partial charge in [0.05, 0.1) is 33.4 Å². The van der Waals surface area contributed by atoms with Crippen LogP contribution in [0.4, 0.5) is 5.69 Å². The number of halogens is 1. The van der Waals surface area contributed by atoms with Gasteiger partial charge in [0.1, 0.15) is 16.2 Å². The highest BCUT2D eigenvalue weighted by molar-refractivity contribution is 8.00. The number of nitrogens with zero attached hydrogens (tertiary/aromatic N) is 3. The molecular weight excluding hydrogens is 476 g/mol. The van der Waals surface area contributed by atoms with Crippen LogP contribution in [-0.2, 0) is 22.6 Å². The maximum atomic E-state index is 12.8. The summed E-state index contributed by atoms with van der Waals surface area (Å²) < 4.78 is 6.92. The highest BCUT2D eigenvalue weighted by Crippen LogP contribution is 2.40. The van der Waals surface area contributed by atoms with Crippen LogP contribution < -0.4 is 5.32 Å². The summed E-state index contributed by atoms with van der Waals surface area (Å²) in [7, 11) is 0. The normalized spacial score (nSPS) is 16.0. The molecule has 1 atom stereocenters. The number of anilines is 1. The summed E-state index contributed by atoms with van der Waals surface area (Å²) in [5.41, 5.74) is 4.49. The maximum Gasteiger partial charge on any atom is 0.237 e. The fourth-order valence-electron chi connectivity index (χ4n) is 3.78. The lowest BCUT2D eigenvalue weighted by Gasteiger charge is -2.30. The van der Waals surface area contributed by atoms with Crippen molar-refractivity contribution in [2.45, 2.75) is 56.6 Å². The molecule has 1 aromatic carbocycles. The van der Waals surface area contributed by atoms with Crippen molar-refractivity contribution in [3.63, 3.8) is 0 Å². The van der Waals surface area contributed by atoms with Gasteiger partial charge in [0, 0.05) is 28.1 Å². The van der Waals surface area contributed by atoms with Crippen LogP contribution in [0.2, 0.25) is 5.02 Å². The van der Waals surface area contributed by atoms with Crippen LogP contribution >= 0.6 is 34.7 Å². The number of carbonyl (C=O) groups excluding carboxylic acids is 1. The molecule has 170 valence electrons. The number of pyridine rings is 1. The van der Waals surface area contributed by atoms with Gasteiger partial charge in [-0.2, -0.15) is 0 Å². The van der Waals surface area contributed by atoms with Gasteiger partial charge in [0.25, 0.3) is 0 Å². The standard InChI is InChI=1S/C24H23ClN4O2S2/c1-12-5-6-15(8-17(12)25)28-21(30)13(2)32-23-20-19(26-11-27-23)16-7-14-10-31-24(3,4)9-18(14)29-22(16)33-20/h5-8,11,13H,9-10H2,1-4H3,(H,28,30)/t13-/m0/s1. The third kappa shape index (κ3) is 4.45. The molecule has 0 aliphatic carbocycles. The van der Waals surface area contributed by atoms with Crippen molar-refractivity contribution in [1.82, 2.24) is 15.0 Å². The summed E-state index contributed by atoms with van der Waals surface area (Å²) >= 11 is 9.18. The predicted octanol–water partition coefficient (Wildman–Crippen LogP) is 6.17. The molecule has 0 saturated heterocycles. The van der Waals surface area contributed by atoms with Gasteiger partial charge < -0.3 is 10.1 Å². The van der Waals surface area contributed by atoms with Gasteiger partial charge in [-0.1, -0.05) is 29.4 Å². The van der Waals surface area contributed by atoms with E-state index in [-0.39, 0.29) is 16.8 Å². The lowest BCUT2D eigenvalue weighted by molar-refractivity contribution is -0.115. The Hall–Kier alpha value is -2.26. The van der Waals surface area contributed by atoms with Crippen molar-refractivity contribution in [2.24, 2.45) is 0 Å². The zero-order valence-corrected chi connectivity index (χ0v) is 21.1. The first kappa shape index (κ1) is 22.5. The highest BCUT2D eigenvalue weighted by Gasteiger charge is 2.28. The fourth-order valence-corrected chi connectivity index (χ4v) is 6.06. The Balaban J connectivity index is 1.43. The molecule has 1 N–H and O–H groups in total. The van der Waals surface area contributed by atoms with E-state index in [1.54, 1.807) is 23.7 Å². The molecule has 0 spiro atoms. The molecule has 33 heavy (non-hydrogen) atoms. The van der Waals surface area contributed by atoms with E-state index in [0.717, 1.165) is 48.7 Å². The van der Waals surface area contributed by atoms with Crippen LogP contribution in [0.15, 0.2) is 35.6 Å². The number of hydrogen-bond acceptors (Lipinski definition) is 7. The van der Waals surface area contributed by atoms with E-state index in [1.807, 2.05) is 26.0 Å². The molecule has 1 amide bonds. The van der Waals surface area contributed by atoms with Crippen LogP contribution in [0, 0.1) is 6.92 Å². The van der Waals surface area contributed by atoms with Gasteiger partial charge in [0.15, 0.2) is 0 Å². The zero-order valence-electron chi connectivity index (χ0n) is 18.7. The number of thiophene rings is 1. The van der Waals surface area contributed by atoms with E-state index in [0.29, 0.717) is 17.3 Å². The lowest BCUT2D eigenvalue weighted by Crippen LogP contribution is -2.32. The van der Waals surface area contributed by atoms with Crippen molar-refractivity contribution < 1.29 is 9.53 Å². The minimum atomic E-state index is -0.358. The second-order valence-corrected chi connectivity index (χ2v) is 11.6. The second-order valence-electron chi connectivity index (χ2n) is 8.84. The molecule has 1 aliphatic rings. The number of fused-ring (bicyclic) bond motifs is 4. The number of nitrogens with one attached hydrogen (secondary N) is 1. The first-order valence-corrected chi connectivity index (χ1v) is 12.7. The third-order valence-corrected chi connectivity index (χ3v) is 8.42. The van der Waals surface area contributed by atoms with Gasteiger partial charge in [-0.15, -0.1) is 11.3 Å². The number of amides is 1. The molecule has 1 aliphatic heterocycles.